The number of furan rings is 1. The Kier molecular flexibility index (Phi) is 6.62. The van der Waals surface area contributed by atoms with Crippen molar-refractivity contribution in [1.82, 2.24) is 10.2 Å². The van der Waals surface area contributed by atoms with E-state index >= 15 is 0 Å². The lowest BCUT2D eigenvalue weighted by Crippen LogP contribution is -2.43. The van der Waals surface area contributed by atoms with E-state index in [0.717, 1.165) is 5.75 Å². The Morgan fingerprint density at radius 3 is 2.41 bits per heavy atom. The van der Waals surface area contributed by atoms with Gasteiger partial charge in [0.1, 0.15) is 18.6 Å². The Hall–Kier alpha value is -2.76. The maximum atomic E-state index is 12.4. The number of carbonyl (C=O) groups excluding carboxylic acids is 2. The fourth-order valence-electron chi connectivity index (χ4n) is 3.45. The maximum Gasteiger partial charge on any atom is 0.257 e. The molecule has 0 radical (unpaired) electrons. The zero-order valence-corrected chi connectivity index (χ0v) is 17.4. The van der Waals surface area contributed by atoms with E-state index in [1.807, 2.05) is 12.1 Å². The van der Waals surface area contributed by atoms with Gasteiger partial charge in [0.25, 0.3) is 5.91 Å². The second-order valence-corrected chi connectivity index (χ2v) is 8.49. The molecule has 0 unspecified atom stereocenters. The molecule has 29 heavy (non-hydrogen) atoms. The average molecular weight is 399 g/mol. The lowest BCUT2D eigenvalue weighted by Gasteiger charge is -2.31. The van der Waals surface area contributed by atoms with Gasteiger partial charge in [0.15, 0.2) is 0 Å². The average Bonchev–Trinajstić information content (AvgIpc) is 3.25. The van der Waals surface area contributed by atoms with Crippen molar-refractivity contribution < 1.29 is 18.7 Å². The number of rotatable bonds is 6. The number of amides is 2. The predicted octanol–water partition coefficient (Wildman–Crippen LogP) is 3.62. The number of piperidine rings is 1. The van der Waals surface area contributed by atoms with Gasteiger partial charge in [-0.2, -0.15) is 0 Å². The van der Waals surface area contributed by atoms with Crippen molar-refractivity contribution in [3.63, 3.8) is 0 Å². The second kappa shape index (κ2) is 9.16. The van der Waals surface area contributed by atoms with Crippen LogP contribution in [0.15, 0.2) is 47.3 Å². The summed E-state index contributed by atoms with van der Waals surface area (Å²) in [7, 11) is 0. The van der Waals surface area contributed by atoms with E-state index in [1.165, 1.54) is 18.1 Å². The lowest BCUT2D eigenvalue weighted by molar-refractivity contribution is -0.126. The molecule has 0 atom stereocenters. The molecular formula is C23H30N2O4. The minimum atomic E-state index is -0.0607. The molecule has 1 N–H and O–H groups in total. The van der Waals surface area contributed by atoms with E-state index in [1.54, 1.807) is 11.0 Å². The number of nitrogens with one attached hydrogen (secondary N) is 1. The van der Waals surface area contributed by atoms with Gasteiger partial charge >= 0.3 is 0 Å². The third-order valence-electron chi connectivity index (χ3n) is 5.31. The van der Waals surface area contributed by atoms with Crippen molar-refractivity contribution in [1.29, 1.82) is 0 Å². The first-order chi connectivity index (χ1) is 13.8. The Balaban J connectivity index is 1.36. The van der Waals surface area contributed by atoms with Crippen LogP contribution in [-0.4, -0.2) is 43.0 Å². The summed E-state index contributed by atoms with van der Waals surface area (Å²) >= 11 is 0. The minimum Gasteiger partial charge on any atom is -0.492 e. The molecular weight excluding hydrogens is 368 g/mol. The van der Waals surface area contributed by atoms with Crippen LogP contribution in [0.4, 0.5) is 0 Å². The van der Waals surface area contributed by atoms with Crippen molar-refractivity contribution in [3.05, 3.63) is 54.0 Å². The van der Waals surface area contributed by atoms with E-state index in [9.17, 15) is 9.59 Å². The Morgan fingerprint density at radius 2 is 1.83 bits per heavy atom. The van der Waals surface area contributed by atoms with E-state index in [2.05, 4.69) is 38.2 Å². The number of carbonyl (C=O) groups is 2. The Labute approximate surface area is 172 Å². The maximum absolute atomic E-state index is 12.4. The third kappa shape index (κ3) is 5.62. The molecule has 0 aliphatic carbocycles. The van der Waals surface area contributed by atoms with Gasteiger partial charge in [-0.15, -0.1) is 0 Å². The first kappa shape index (κ1) is 21.0. The molecule has 1 aromatic carbocycles. The summed E-state index contributed by atoms with van der Waals surface area (Å²) in [5, 5.41) is 2.95. The zero-order chi connectivity index (χ0) is 20.9. The molecule has 6 nitrogen and oxygen atoms in total. The molecule has 0 spiro atoms. The van der Waals surface area contributed by atoms with E-state index in [0.29, 0.717) is 44.6 Å². The fraction of sp³-hybridized carbons (Fsp3) is 0.478. The molecule has 2 heterocycles. The van der Waals surface area contributed by atoms with Gasteiger partial charge in [-0.05, 0) is 42.0 Å². The molecule has 1 fully saturated rings. The van der Waals surface area contributed by atoms with Crippen LogP contribution in [0, 0.1) is 5.92 Å². The van der Waals surface area contributed by atoms with Crippen molar-refractivity contribution in [2.75, 3.05) is 26.2 Å². The summed E-state index contributed by atoms with van der Waals surface area (Å²) in [6.45, 7) is 8.59. The highest BCUT2D eigenvalue weighted by Gasteiger charge is 2.28. The molecule has 6 heteroatoms. The van der Waals surface area contributed by atoms with E-state index < -0.39 is 0 Å². The Bertz CT molecular complexity index is 798. The molecule has 2 aromatic rings. The van der Waals surface area contributed by atoms with Crippen molar-refractivity contribution >= 4 is 11.8 Å². The molecule has 1 aliphatic heterocycles. The lowest BCUT2D eigenvalue weighted by atomic mass is 9.87. The zero-order valence-electron chi connectivity index (χ0n) is 17.4. The summed E-state index contributed by atoms with van der Waals surface area (Å²) < 4.78 is 10.7. The van der Waals surface area contributed by atoms with Crippen LogP contribution >= 0.6 is 0 Å². The number of nitrogens with zero attached hydrogens (tertiary/aromatic N) is 1. The number of likely N-dealkylation sites (tertiary alicyclic amines) is 1. The van der Waals surface area contributed by atoms with Crippen LogP contribution in [0.3, 0.4) is 0 Å². The van der Waals surface area contributed by atoms with Crippen molar-refractivity contribution in [2.24, 2.45) is 5.92 Å². The number of benzene rings is 1. The summed E-state index contributed by atoms with van der Waals surface area (Å²) in [5.41, 5.74) is 1.93. The highest BCUT2D eigenvalue weighted by Crippen LogP contribution is 2.24. The van der Waals surface area contributed by atoms with Crippen molar-refractivity contribution in [3.8, 4) is 5.75 Å². The van der Waals surface area contributed by atoms with Gasteiger partial charge < -0.3 is 19.4 Å². The second-order valence-electron chi connectivity index (χ2n) is 8.49. The SMILES string of the molecule is CC(C)(C)c1ccc(OCCNC(=O)C2CCN(C(=O)c3ccoc3)CC2)cc1. The molecule has 156 valence electrons. The van der Waals surface area contributed by atoms with E-state index in [-0.39, 0.29) is 23.1 Å². The van der Waals surface area contributed by atoms with Gasteiger partial charge in [0.05, 0.1) is 18.4 Å². The summed E-state index contributed by atoms with van der Waals surface area (Å²) in [6, 6.07) is 9.75. The third-order valence-corrected chi connectivity index (χ3v) is 5.31. The van der Waals surface area contributed by atoms with Crippen LogP contribution in [-0.2, 0) is 10.2 Å². The van der Waals surface area contributed by atoms with Gasteiger partial charge in [-0.1, -0.05) is 32.9 Å². The summed E-state index contributed by atoms with van der Waals surface area (Å²) in [6.07, 6.45) is 4.29. The van der Waals surface area contributed by atoms with Crippen LogP contribution in [0.1, 0.15) is 49.5 Å². The Morgan fingerprint density at radius 1 is 1.14 bits per heavy atom. The van der Waals surface area contributed by atoms with Gasteiger partial charge in [-0.3, -0.25) is 9.59 Å². The largest absolute Gasteiger partial charge is 0.492 e. The van der Waals surface area contributed by atoms with Crippen LogP contribution in [0.25, 0.3) is 0 Å². The smallest absolute Gasteiger partial charge is 0.257 e. The molecule has 1 aromatic heterocycles. The number of hydrogen-bond acceptors (Lipinski definition) is 4. The highest BCUT2D eigenvalue weighted by molar-refractivity contribution is 5.94. The number of hydrogen-bond donors (Lipinski definition) is 1. The summed E-state index contributed by atoms with van der Waals surface area (Å²) in [5.74, 6) is 0.739. The first-order valence-corrected chi connectivity index (χ1v) is 10.2. The van der Waals surface area contributed by atoms with Crippen LogP contribution < -0.4 is 10.1 Å². The standard InChI is InChI=1S/C23H30N2O4/c1-23(2,3)19-4-6-20(7-5-19)29-15-11-24-21(26)17-8-12-25(13-9-17)22(27)18-10-14-28-16-18/h4-7,10,14,16-17H,8-9,11-13,15H2,1-3H3,(H,24,26). The highest BCUT2D eigenvalue weighted by atomic mass is 16.5. The fourth-order valence-corrected chi connectivity index (χ4v) is 3.45. The van der Waals surface area contributed by atoms with Crippen molar-refractivity contribution in [2.45, 2.75) is 39.0 Å². The molecule has 1 saturated heterocycles. The first-order valence-electron chi connectivity index (χ1n) is 10.2. The number of ether oxygens (including phenoxy) is 1. The van der Waals surface area contributed by atoms with Gasteiger partial charge in [-0.25, -0.2) is 0 Å². The molecule has 0 saturated carbocycles. The molecule has 1 aliphatic rings. The quantitative estimate of drug-likeness (QED) is 0.755. The molecule has 3 rings (SSSR count). The minimum absolute atomic E-state index is 0.0343. The van der Waals surface area contributed by atoms with Crippen LogP contribution in [0.2, 0.25) is 0 Å². The normalized spacial score (nSPS) is 15.2. The van der Waals surface area contributed by atoms with Gasteiger partial charge in [0, 0.05) is 19.0 Å². The topological polar surface area (TPSA) is 71.8 Å². The monoisotopic (exact) mass is 398 g/mol. The van der Waals surface area contributed by atoms with Crippen LogP contribution in [0.5, 0.6) is 5.75 Å². The predicted molar refractivity (Wildman–Crippen MR) is 111 cm³/mol. The van der Waals surface area contributed by atoms with Gasteiger partial charge in [0.2, 0.25) is 5.91 Å². The van der Waals surface area contributed by atoms with E-state index in [4.69, 9.17) is 9.15 Å². The molecule has 2 amide bonds. The molecule has 0 bridgehead atoms. The summed E-state index contributed by atoms with van der Waals surface area (Å²) in [4.78, 5) is 26.5.